The fraction of sp³-hybridized carbons (Fsp3) is 0.100. The molecule has 1 atom stereocenters. The second kappa shape index (κ2) is 3.70. The number of halogens is 1. The topological polar surface area (TPSA) is 56.7 Å². The van der Waals surface area contributed by atoms with Crippen LogP contribution in [0.1, 0.15) is 11.6 Å². The molecule has 0 fully saturated rings. The highest BCUT2D eigenvalue weighted by molar-refractivity contribution is 5.26. The van der Waals surface area contributed by atoms with E-state index in [0.29, 0.717) is 5.82 Å². The molecule has 0 aromatic carbocycles. The minimum Gasteiger partial charge on any atom is -0.287 e. The molecule has 15 heavy (non-hydrogen) atoms. The van der Waals surface area contributed by atoms with Crippen LogP contribution in [0, 0.1) is 12.7 Å². The van der Waals surface area contributed by atoms with Crippen molar-refractivity contribution in [3.8, 4) is 5.82 Å². The van der Waals surface area contributed by atoms with E-state index in [0.717, 1.165) is 11.8 Å². The summed E-state index contributed by atoms with van der Waals surface area (Å²) in [6.45, 7) is 3.67. The van der Waals surface area contributed by atoms with Crippen LogP contribution in [0.15, 0.2) is 30.7 Å². The zero-order valence-electron chi connectivity index (χ0n) is 7.97. The molecule has 0 saturated heterocycles. The molecule has 0 radical (unpaired) electrons. The molecule has 0 aliphatic rings. The Morgan fingerprint density at radius 3 is 2.67 bits per heavy atom. The molecule has 76 valence electrons. The summed E-state index contributed by atoms with van der Waals surface area (Å²) >= 11 is 0. The average molecular weight is 205 g/mol. The largest absolute Gasteiger partial charge is 0.287 e. The van der Waals surface area contributed by atoms with Gasteiger partial charge < -0.3 is 0 Å². The molecule has 2 N–H and O–H groups in total. The molecular weight excluding hydrogens is 195 g/mol. The number of hydrogen-bond donors (Lipinski definition) is 1. The van der Waals surface area contributed by atoms with E-state index in [-0.39, 0.29) is 6.04 Å². The van der Waals surface area contributed by atoms with Gasteiger partial charge in [-0.1, -0.05) is 0 Å². The van der Waals surface area contributed by atoms with Crippen molar-refractivity contribution in [3.63, 3.8) is 0 Å². The van der Waals surface area contributed by atoms with Gasteiger partial charge in [0.05, 0.1) is 19.3 Å². The lowest BCUT2D eigenvalue weighted by Gasteiger charge is -2.02. The predicted octanol–water partition coefficient (Wildman–Crippen LogP) is 1.24. The van der Waals surface area contributed by atoms with Crippen molar-refractivity contribution >= 4 is 0 Å². The van der Waals surface area contributed by atoms with Crippen LogP contribution in [0.3, 0.4) is 0 Å². The van der Waals surface area contributed by atoms with Crippen molar-refractivity contribution in [2.24, 2.45) is 5.73 Å². The summed E-state index contributed by atoms with van der Waals surface area (Å²) in [5.41, 5.74) is 6.40. The lowest BCUT2D eigenvalue weighted by Crippen LogP contribution is -2.06. The molecule has 2 heterocycles. The van der Waals surface area contributed by atoms with Gasteiger partial charge in [0.1, 0.15) is 0 Å². The van der Waals surface area contributed by atoms with Crippen LogP contribution in [-0.2, 0) is 0 Å². The van der Waals surface area contributed by atoms with Gasteiger partial charge >= 0.3 is 0 Å². The van der Waals surface area contributed by atoms with Crippen LogP contribution in [0.5, 0.6) is 0 Å². The first-order chi connectivity index (χ1) is 7.16. The highest BCUT2D eigenvalue weighted by Gasteiger charge is 2.06. The summed E-state index contributed by atoms with van der Waals surface area (Å²) in [5.74, 6) is 0.151. The molecule has 0 unspecified atom stereocenters. The summed E-state index contributed by atoms with van der Waals surface area (Å²) < 4.78 is 14.0. The maximum absolute atomic E-state index is 12.7. The highest BCUT2D eigenvalue weighted by Crippen LogP contribution is 2.10. The maximum Gasteiger partial charge on any atom is 0.171 e. The van der Waals surface area contributed by atoms with E-state index < -0.39 is 5.82 Å². The quantitative estimate of drug-likeness (QED) is 0.750. The third kappa shape index (κ3) is 1.97. The molecule has 0 aliphatic carbocycles. The van der Waals surface area contributed by atoms with Crippen molar-refractivity contribution < 1.29 is 4.39 Å². The van der Waals surface area contributed by atoms with E-state index in [2.05, 4.69) is 17.0 Å². The highest BCUT2D eigenvalue weighted by atomic mass is 19.1. The molecule has 0 amide bonds. The molecular formula is C10H10FN4+. The number of rotatable bonds is 2. The maximum atomic E-state index is 12.7. The number of hydrogen-bond acceptors (Lipinski definition) is 3. The van der Waals surface area contributed by atoms with E-state index in [1.54, 1.807) is 18.3 Å². The molecule has 0 spiro atoms. The van der Waals surface area contributed by atoms with E-state index in [9.17, 15) is 4.39 Å². The summed E-state index contributed by atoms with van der Waals surface area (Å²) in [4.78, 5) is 4.10. The van der Waals surface area contributed by atoms with Crippen LogP contribution in [-0.4, -0.2) is 14.8 Å². The Morgan fingerprint density at radius 1 is 1.40 bits per heavy atom. The van der Waals surface area contributed by atoms with Crippen LogP contribution >= 0.6 is 0 Å². The van der Waals surface area contributed by atoms with E-state index in [1.165, 1.54) is 10.9 Å². The summed E-state index contributed by atoms with van der Waals surface area (Å²) in [6, 6.07) is 3.20. The van der Waals surface area contributed by atoms with E-state index in [1.807, 2.05) is 0 Å². The van der Waals surface area contributed by atoms with Gasteiger partial charge in [-0.3, -0.25) is 5.73 Å². The molecule has 2 rings (SSSR count). The fourth-order valence-corrected chi connectivity index (χ4v) is 1.18. The van der Waals surface area contributed by atoms with Gasteiger partial charge in [-0.2, -0.15) is 5.10 Å². The van der Waals surface area contributed by atoms with Gasteiger partial charge in [-0.15, -0.1) is 0 Å². The number of pyridine rings is 1. The third-order valence-electron chi connectivity index (χ3n) is 1.98. The smallest absolute Gasteiger partial charge is 0.171 e. The molecule has 2 aromatic rings. The monoisotopic (exact) mass is 205 g/mol. The fourth-order valence-electron chi connectivity index (χ4n) is 1.18. The minimum absolute atomic E-state index is 0.305. The first kappa shape index (κ1) is 9.67. The zero-order chi connectivity index (χ0) is 10.8. The summed E-state index contributed by atoms with van der Waals surface area (Å²) in [7, 11) is 0. The minimum atomic E-state index is -0.394. The molecule has 0 saturated carbocycles. The van der Waals surface area contributed by atoms with Gasteiger partial charge in [-0.05, 0) is 12.1 Å². The Morgan fingerprint density at radius 2 is 2.20 bits per heavy atom. The Balaban J connectivity index is 2.31. The SMILES string of the molecule is [CH2+][C@H](N)c1ccc(-n2cc(F)cn2)nc1. The number of nitrogens with zero attached hydrogens (tertiary/aromatic N) is 3. The average Bonchev–Trinajstić information content (AvgIpc) is 2.65. The zero-order valence-corrected chi connectivity index (χ0v) is 7.97. The Kier molecular flexibility index (Phi) is 2.39. The first-order valence-electron chi connectivity index (χ1n) is 4.42. The molecule has 4 nitrogen and oxygen atoms in total. The Hall–Kier alpha value is -1.88. The van der Waals surface area contributed by atoms with Gasteiger partial charge in [0, 0.05) is 11.8 Å². The first-order valence-corrected chi connectivity index (χ1v) is 4.42. The number of aromatic nitrogens is 3. The second-order valence-corrected chi connectivity index (χ2v) is 3.16. The van der Waals surface area contributed by atoms with Gasteiger partial charge in [0.2, 0.25) is 0 Å². The molecule has 0 bridgehead atoms. The molecule has 5 heteroatoms. The normalized spacial score (nSPS) is 12.7. The summed E-state index contributed by atoms with van der Waals surface area (Å²) in [6.07, 6.45) is 3.99. The Bertz CT molecular complexity index is 447. The van der Waals surface area contributed by atoms with Crippen molar-refractivity contribution in [1.29, 1.82) is 0 Å². The lowest BCUT2D eigenvalue weighted by molar-refractivity contribution is 0.627. The van der Waals surface area contributed by atoms with Crippen LogP contribution < -0.4 is 5.73 Å². The van der Waals surface area contributed by atoms with Crippen LogP contribution in [0.25, 0.3) is 5.82 Å². The van der Waals surface area contributed by atoms with E-state index >= 15 is 0 Å². The molecule has 2 aromatic heterocycles. The van der Waals surface area contributed by atoms with Crippen LogP contribution in [0.2, 0.25) is 0 Å². The van der Waals surface area contributed by atoms with Crippen molar-refractivity contribution in [2.75, 3.05) is 0 Å². The summed E-state index contributed by atoms with van der Waals surface area (Å²) in [5, 5.41) is 3.79. The van der Waals surface area contributed by atoms with Crippen molar-refractivity contribution in [1.82, 2.24) is 14.8 Å². The number of nitrogens with two attached hydrogens (primary N) is 1. The third-order valence-corrected chi connectivity index (χ3v) is 1.98. The van der Waals surface area contributed by atoms with Gasteiger partial charge in [-0.25, -0.2) is 14.1 Å². The van der Waals surface area contributed by atoms with Gasteiger partial charge in [0.25, 0.3) is 0 Å². The predicted molar refractivity (Wildman–Crippen MR) is 53.6 cm³/mol. The standard InChI is InChI=1S/C10H10FN4/c1-7(12)8-2-3-10(13-4-8)15-6-9(11)5-14-15/h2-7H,1,12H2/q+1/t7-/m0/s1. The van der Waals surface area contributed by atoms with E-state index in [4.69, 9.17) is 5.73 Å². The van der Waals surface area contributed by atoms with Crippen molar-refractivity contribution in [3.05, 3.63) is 49.0 Å². The molecule has 0 aliphatic heterocycles. The lowest BCUT2D eigenvalue weighted by atomic mass is 10.2. The Labute approximate surface area is 86.6 Å². The van der Waals surface area contributed by atoms with Crippen LogP contribution in [0.4, 0.5) is 4.39 Å². The van der Waals surface area contributed by atoms with Gasteiger partial charge in [0.15, 0.2) is 17.7 Å². The second-order valence-electron chi connectivity index (χ2n) is 3.16. The van der Waals surface area contributed by atoms with Crippen molar-refractivity contribution in [2.45, 2.75) is 6.04 Å².